The second-order valence-electron chi connectivity index (χ2n) is 7.69. The van der Waals surface area contributed by atoms with E-state index in [2.05, 4.69) is 0 Å². The lowest BCUT2D eigenvalue weighted by molar-refractivity contribution is -0.132. The zero-order chi connectivity index (χ0) is 25.1. The third-order valence-electron chi connectivity index (χ3n) is 5.78. The first kappa shape index (κ1) is 23.6. The van der Waals surface area contributed by atoms with E-state index >= 15 is 0 Å². The number of Topliss-reactive ketones (excluding diaryl/α,β-unsaturated/α-hetero) is 1. The first-order valence-electron chi connectivity index (χ1n) is 10.7. The van der Waals surface area contributed by atoms with Gasteiger partial charge in [0.15, 0.2) is 11.5 Å². The Morgan fingerprint density at radius 3 is 2.06 bits per heavy atom. The molecule has 0 aromatic heterocycles. The number of benzene rings is 3. The Morgan fingerprint density at radius 1 is 0.829 bits per heavy atom. The number of hydrogen-bond donors (Lipinski definition) is 1. The maximum absolute atomic E-state index is 13.2. The van der Waals surface area contributed by atoms with Crippen molar-refractivity contribution in [3.8, 4) is 11.5 Å². The number of ketones is 1. The third kappa shape index (κ3) is 4.21. The molecule has 178 valence electrons. The molecule has 1 saturated heterocycles. The van der Waals surface area contributed by atoms with Gasteiger partial charge in [0.2, 0.25) is 0 Å². The van der Waals surface area contributed by atoms with Crippen LogP contribution < -0.4 is 14.4 Å². The molecule has 35 heavy (non-hydrogen) atoms. The van der Waals surface area contributed by atoms with Gasteiger partial charge in [0.25, 0.3) is 11.7 Å². The number of aliphatic hydroxyl groups is 1. The number of carbonyl (C=O) groups excluding carboxylic acids is 3. The van der Waals surface area contributed by atoms with Crippen molar-refractivity contribution in [1.29, 1.82) is 0 Å². The molecule has 1 amide bonds. The molecular formula is C27H23NO7. The van der Waals surface area contributed by atoms with Crippen LogP contribution in [-0.2, 0) is 14.3 Å². The maximum atomic E-state index is 13.2. The zero-order valence-electron chi connectivity index (χ0n) is 19.3. The number of methoxy groups -OCH3 is 3. The Labute approximate surface area is 202 Å². The highest BCUT2D eigenvalue weighted by Crippen LogP contribution is 2.43. The van der Waals surface area contributed by atoms with Gasteiger partial charge in [-0.2, -0.15) is 0 Å². The number of aliphatic hydroxyl groups excluding tert-OH is 1. The second-order valence-corrected chi connectivity index (χ2v) is 7.69. The number of rotatable bonds is 6. The molecule has 1 unspecified atom stereocenters. The van der Waals surface area contributed by atoms with Gasteiger partial charge in [-0.05, 0) is 48.0 Å². The number of amides is 1. The van der Waals surface area contributed by atoms with E-state index in [-0.39, 0.29) is 11.3 Å². The summed E-state index contributed by atoms with van der Waals surface area (Å²) in [6.45, 7) is 0. The van der Waals surface area contributed by atoms with Gasteiger partial charge in [-0.25, -0.2) is 4.79 Å². The van der Waals surface area contributed by atoms with E-state index in [1.54, 1.807) is 48.5 Å². The lowest BCUT2D eigenvalue weighted by Crippen LogP contribution is -2.29. The summed E-state index contributed by atoms with van der Waals surface area (Å²) >= 11 is 0. The van der Waals surface area contributed by atoms with Crippen molar-refractivity contribution in [2.45, 2.75) is 6.04 Å². The van der Waals surface area contributed by atoms with Crippen LogP contribution in [0, 0.1) is 0 Å². The van der Waals surface area contributed by atoms with Crippen molar-refractivity contribution >= 4 is 29.1 Å². The van der Waals surface area contributed by atoms with Crippen molar-refractivity contribution in [2.24, 2.45) is 0 Å². The summed E-state index contributed by atoms with van der Waals surface area (Å²) in [5.74, 6) is -1.68. The standard InChI is InChI=1S/C27H23NO7/c1-33-20-14-11-18(15-21(20)34-2)24(29)22-23(16-7-5-4-6-8-16)28(26(31)25(22)30)19-12-9-17(10-13-19)27(32)35-3/h4-15,23,29H,1-3H3/b24-22-. The van der Waals surface area contributed by atoms with Crippen LogP contribution in [0.4, 0.5) is 5.69 Å². The summed E-state index contributed by atoms with van der Waals surface area (Å²) in [6, 6.07) is 18.9. The van der Waals surface area contributed by atoms with Crippen LogP contribution in [-0.4, -0.2) is 44.1 Å². The van der Waals surface area contributed by atoms with Gasteiger partial charge >= 0.3 is 5.97 Å². The van der Waals surface area contributed by atoms with E-state index in [9.17, 15) is 19.5 Å². The summed E-state index contributed by atoms with van der Waals surface area (Å²) in [7, 11) is 4.23. The first-order valence-corrected chi connectivity index (χ1v) is 10.7. The predicted octanol–water partition coefficient (Wildman–Crippen LogP) is 4.12. The average molecular weight is 473 g/mol. The van der Waals surface area contributed by atoms with Crippen molar-refractivity contribution in [3.05, 3.63) is 95.1 Å². The first-order chi connectivity index (χ1) is 16.9. The number of hydrogen-bond acceptors (Lipinski definition) is 7. The molecule has 0 radical (unpaired) electrons. The average Bonchev–Trinajstić information content (AvgIpc) is 3.18. The van der Waals surface area contributed by atoms with Gasteiger partial charge in [-0.15, -0.1) is 0 Å². The van der Waals surface area contributed by atoms with E-state index in [0.29, 0.717) is 33.9 Å². The van der Waals surface area contributed by atoms with E-state index in [1.165, 1.54) is 44.4 Å². The minimum absolute atomic E-state index is 0.0644. The Hall–Kier alpha value is -4.59. The van der Waals surface area contributed by atoms with Gasteiger partial charge in [-0.3, -0.25) is 14.5 Å². The molecular weight excluding hydrogens is 450 g/mol. The number of ether oxygens (including phenoxy) is 3. The van der Waals surface area contributed by atoms with Crippen molar-refractivity contribution in [2.75, 3.05) is 26.2 Å². The van der Waals surface area contributed by atoms with E-state index < -0.39 is 23.7 Å². The van der Waals surface area contributed by atoms with Gasteiger partial charge in [-0.1, -0.05) is 30.3 Å². The largest absolute Gasteiger partial charge is 0.507 e. The smallest absolute Gasteiger partial charge is 0.337 e. The Kier molecular flexibility index (Phi) is 6.55. The van der Waals surface area contributed by atoms with Gasteiger partial charge in [0.05, 0.1) is 38.5 Å². The number of esters is 1. The molecule has 0 bridgehead atoms. The summed E-state index contributed by atoms with van der Waals surface area (Å²) in [5, 5.41) is 11.3. The van der Waals surface area contributed by atoms with Gasteiger partial charge < -0.3 is 19.3 Å². The Morgan fingerprint density at radius 2 is 1.46 bits per heavy atom. The SMILES string of the molecule is COC(=O)c1ccc(N2C(=O)C(=O)/C(=C(\O)c3ccc(OC)c(OC)c3)C2c2ccccc2)cc1. The third-order valence-corrected chi connectivity index (χ3v) is 5.78. The normalized spacial score (nSPS) is 16.8. The molecule has 1 aliphatic heterocycles. The van der Waals surface area contributed by atoms with Crippen LogP contribution in [0.2, 0.25) is 0 Å². The van der Waals surface area contributed by atoms with Crippen LogP contribution in [0.1, 0.15) is 27.5 Å². The molecule has 3 aromatic rings. The van der Waals surface area contributed by atoms with Crippen LogP contribution in [0.3, 0.4) is 0 Å². The lowest BCUT2D eigenvalue weighted by Gasteiger charge is -2.25. The summed E-state index contributed by atoms with van der Waals surface area (Å²) in [4.78, 5) is 39.6. The van der Waals surface area contributed by atoms with Gasteiger partial charge in [0, 0.05) is 11.3 Å². The highest BCUT2D eigenvalue weighted by atomic mass is 16.5. The maximum Gasteiger partial charge on any atom is 0.337 e. The second kappa shape index (κ2) is 9.72. The predicted molar refractivity (Wildman–Crippen MR) is 129 cm³/mol. The van der Waals surface area contributed by atoms with Crippen LogP contribution in [0.25, 0.3) is 5.76 Å². The van der Waals surface area contributed by atoms with Crippen molar-refractivity contribution in [3.63, 3.8) is 0 Å². The molecule has 0 aliphatic carbocycles. The van der Waals surface area contributed by atoms with Crippen LogP contribution in [0.15, 0.2) is 78.4 Å². The number of nitrogens with zero attached hydrogens (tertiary/aromatic N) is 1. The van der Waals surface area contributed by atoms with Crippen molar-refractivity contribution in [1.82, 2.24) is 0 Å². The highest BCUT2D eigenvalue weighted by Gasteiger charge is 2.47. The fraction of sp³-hybridized carbons (Fsp3) is 0.148. The number of carbonyl (C=O) groups is 3. The molecule has 1 heterocycles. The molecule has 3 aromatic carbocycles. The van der Waals surface area contributed by atoms with E-state index in [4.69, 9.17) is 14.2 Å². The number of anilines is 1. The molecule has 1 atom stereocenters. The molecule has 0 saturated carbocycles. The van der Waals surface area contributed by atoms with E-state index in [0.717, 1.165) is 0 Å². The van der Waals surface area contributed by atoms with Gasteiger partial charge in [0.1, 0.15) is 5.76 Å². The molecule has 0 spiro atoms. The lowest BCUT2D eigenvalue weighted by atomic mass is 9.95. The molecule has 1 fully saturated rings. The highest BCUT2D eigenvalue weighted by molar-refractivity contribution is 6.51. The fourth-order valence-electron chi connectivity index (χ4n) is 4.06. The van der Waals surface area contributed by atoms with E-state index in [1.807, 2.05) is 6.07 Å². The minimum Gasteiger partial charge on any atom is -0.507 e. The quantitative estimate of drug-likeness (QED) is 0.249. The van der Waals surface area contributed by atoms with Crippen LogP contribution in [0.5, 0.6) is 11.5 Å². The molecule has 1 aliphatic rings. The molecule has 8 nitrogen and oxygen atoms in total. The topological polar surface area (TPSA) is 102 Å². The van der Waals surface area contributed by atoms with Crippen LogP contribution >= 0.6 is 0 Å². The summed E-state index contributed by atoms with van der Waals surface area (Å²) < 4.78 is 15.3. The molecule has 4 rings (SSSR count). The zero-order valence-corrected chi connectivity index (χ0v) is 19.3. The van der Waals surface area contributed by atoms with Crippen molar-refractivity contribution < 1.29 is 33.7 Å². The molecule has 1 N–H and O–H groups in total. The monoisotopic (exact) mass is 473 g/mol. The molecule has 8 heteroatoms. The Balaban J connectivity index is 1.88. The Bertz CT molecular complexity index is 1310. The summed E-state index contributed by atoms with van der Waals surface area (Å²) in [5.41, 5.74) is 1.55. The fourth-order valence-corrected chi connectivity index (χ4v) is 4.06. The minimum atomic E-state index is -0.895. The summed E-state index contributed by atoms with van der Waals surface area (Å²) in [6.07, 6.45) is 0.